The largest absolute Gasteiger partial charge is 0.273 e. The second-order valence-electron chi connectivity index (χ2n) is 3.59. The van der Waals surface area contributed by atoms with E-state index in [4.69, 9.17) is 0 Å². The van der Waals surface area contributed by atoms with Crippen LogP contribution >= 0.6 is 0 Å². The van der Waals surface area contributed by atoms with Gasteiger partial charge in [-0.3, -0.25) is 10.2 Å². The van der Waals surface area contributed by atoms with Gasteiger partial charge in [-0.05, 0) is 12.8 Å². The lowest BCUT2D eigenvalue weighted by Gasteiger charge is -2.14. The molecule has 1 atom stereocenters. The summed E-state index contributed by atoms with van der Waals surface area (Å²) in [5.74, 6) is 0.137. The van der Waals surface area contributed by atoms with Crippen LogP contribution in [0.25, 0.3) is 0 Å². The van der Waals surface area contributed by atoms with Crippen LogP contribution in [0.5, 0.6) is 0 Å². The maximum absolute atomic E-state index is 11.8. The van der Waals surface area contributed by atoms with Crippen LogP contribution in [-0.4, -0.2) is 20.8 Å². The fourth-order valence-electron chi connectivity index (χ4n) is 1.45. The predicted octanol–water partition coefficient (Wildman–Crippen LogP) is 1.56. The first-order valence-electron chi connectivity index (χ1n) is 5.43. The fraction of sp³-hybridized carbons (Fsp3) is 0.700. The van der Waals surface area contributed by atoms with Gasteiger partial charge in [0.05, 0.1) is 0 Å². The van der Waals surface area contributed by atoms with E-state index in [0.717, 1.165) is 25.7 Å². The molecule has 15 heavy (non-hydrogen) atoms. The average Bonchev–Trinajstić information content (AvgIpc) is 2.71. The maximum Gasteiger partial charge on any atom is 0.241 e. The van der Waals surface area contributed by atoms with Crippen molar-refractivity contribution < 1.29 is 4.79 Å². The Morgan fingerprint density at radius 2 is 2.07 bits per heavy atom. The molecule has 1 amide bonds. The highest BCUT2D eigenvalue weighted by Crippen LogP contribution is 2.12. The van der Waals surface area contributed by atoms with Gasteiger partial charge in [-0.2, -0.15) is 0 Å². The standard InChI is InChI=1S/C10H18N4O/c1-3-5-6-9(4-2)10(15)13-14-7-11-12-8-14/h7-9H,3-6H2,1-2H3,(H,13,15). The minimum atomic E-state index is 0.0470. The number of hydrogen-bond donors (Lipinski definition) is 1. The number of hydrogen-bond acceptors (Lipinski definition) is 3. The number of nitrogens with one attached hydrogen (secondary N) is 1. The van der Waals surface area contributed by atoms with E-state index < -0.39 is 0 Å². The lowest BCUT2D eigenvalue weighted by molar-refractivity contribution is -0.121. The molecule has 0 aliphatic carbocycles. The van der Waals surface area contributed by atoms with Crippen molar-refractivity contribution in [1.82, 2.24) is 14.9 Å². The molecule has 5 nitrogen and oxygen atoms in total. The zero-order valence-electron chi connectivity index (χ0n) is 9.31. The number of rotatable bonds is 6. The smallest absolute Gasteiger partial charge is 0.241 e. The quantitative estimate of drug-likeness (QED) is 0.775. The molecule has 0 spiro atoms. The topological polar surface area (TPSA) is 59.8 Å². The lowest BCUT2D eigenvalue weighted by atomic mass is 9.99. The molecular weight excluding hydrogens is 192 g/mol. The third-order valence-corrected chi connectivity index (χ3v) is 2.43. The maximum atomic E-state index is 11.8. The zero-order valence-corrected chi connectivity index (χ0v) is 9.31. The van der Waals surface area contributed by atoms with Gasteiger partial charge in [0.15, 0.2) is 0 Å². The van der Waals surface area contributed by atoms with Crippen LogP contribution in [-0.2, 0) is 4.79 Å². The third kappa shape index (κ3) is 3.69. The summed E-state index contributed by atoms with van der Waals surface area (Å²) in [7, 11) is 0. The SMILES string of the molecule is CCCCC(CC)C(=O)Nn1cnnc1. The molecule has 0 saturated heterocycles. The van der Waals surface area contributed by atoms with E-state index in [1.807, 2.05) is 6.92 Å². The van der Waals surface area contributed by atoms with Crippen molar-refractivity contribution in [3.63, 3.8) is 0 Å². The van der Waals surface area contributed by atoms with E-state index in [1.54, 1.807) is 0 Å². The Morgan fingerprint density at radius 3 is 2.60 bits per heavy atom. The van der Waals surface area contributed by atoms with Crippen molar-refractivity contribution in [2.75, 3.05) is 5.43 Å². The Morgan fingerprint density at radius 1 is 1.40 bits per heavy atom. The van der Waals surface area contributed by atoms with E-state index in [9.17, 15) is 4.79 Å². The summed E-state index contributed by atoms with van der Waals surface area (Å²) in [6.07, 6.45) is 6.98. The van der Waals surface area contributed by atoms with Crippen molar-refractivity contribution in [2.45, 2.75) is 39.5 Å². The predicted molar refractivity (Wildman–Crippen MR) is 57.7 cm³/mol. The zero-order chi connectivity index (χ0) is 11.1. The van der Waals surface area contributed by atoms with Crippen LogP contribution < -0.4 is 5.43 Å². The van der Waals surface area contributed by atoms with E-state index >= 15 is 0 Å². The third-order valence-electron chi connectivity index (χ3n) is 2.43. The van der Waals surface area contributed by atoms with Crippen molar-refractivity contribution >= 4 is 5.91 Å². The molecule has 0 aliphatic rings. The van der Waals surface area contributed by atoms with Crippen molar-refractivity contribution in [3.05, 3.63) is 12.7 Å². The van der Waals surface area contributed by atoms with E-state index in [1.165, 1.54) is 17.3 Å². The van der Waals surface area contributed by atoms with Crippen molar-refractivity contribution in [3.8, 4) is 0 Å². The molecular formula is C10H18N4O. The van der Waals surface area contributed by atoms with E-state index in [0.29, 0.717) is 0 Å². The Hall–Kier alpha value is -1.39. The summed E-state index contributed by atoms with van der Waals surface area (Å²) in [5, 5.41) is 7.24. The molecule has 0 bridgehead atoms. The summed E-state index contributed by atoms with van der Waals surface area (Å²) in [4.78, 5) is 11.8. The van der Waals surface area contributed by atoms with Gasteiger partial charge in [0.2, 0.25) is 5.91 Å². The molecule has 1 aromatic rings. The molecule has 0 fully saturated rings. The van der Waals surface area contributed by atoms with Gasteiger partial charge in [0.25, 0.3) is 0 Å². The minimum Gasteiger partial charge on any atom is -0.273 e. The fourth-order valence-corrected chi connectivity index (χ4v) is 1.45. The van der Waals surface area contributed by atoms with Gasteiger partial charge in [-0.15, -0.1) is 10.2 Å². The molecule has 1 rings (SSSR count). The molecule has 1 aromatic heterocycles. The van der Waals surface area contributed by atoms with Crippen molar-refractivity contribution in [1.29, 1.82) is 0 Å². The summed E-state index contributed by atoms with van der Waals surface area (Å²) >= 11 is 0. The first-order chi connectivity index (χ1) is 7.27. The van der Waals surface area contributed by atoms with Gasteiger partial charge in [-0.1, -0.05) is 26.7 Å². The van der Waals surface area contributed by atoms with Gasteiger partial charge in [0, 0.05) is 5.92 Å². The van der Waals surface area contributed by atoms with Crippen LogP contribution in [0.1, 0.15) is 39.5 Å². The molecule has 0 aromatic carbocycles. The Bertz CT molecular complexity index is 284. The molecule has 84 valence electrons. The Balaban J connectivity index is 2.43. The summed E-state index contributed by atoms with van der Waals surface area (Å²) in [6.45, 7) is 4.16. The molecule has 0 aliphatic heterocycles. The normalized spacial score (nSPS) is 12.4. The summed E-state index contributed by atoms with van der Waals surface area (Å²) in [6, 6.07) is 0. The number of carbonyl (C=O) groups excluding carboxylic acids is 1. The van der Waals surface area contributed by atoms with E-state index in [2.05, 4.69) is 22.5 Å². The first-order valence-corrected chi connectivity index (χ1v) is 5.43. The average molecular weight is 210 g/mol. The number of nitrogens with zero attached hydrogens (tertiary/aromatic N) is 3. The Labute approximate surface area is 89.9 Å². The van der Waals surface area contributed by atoms with Crippen LogP contribution in [0.2, 0.25) is 0 Å². The molecule has 5 heteroatoms. The highest BCUT2D eigenvalue weighted by atomic mass is 16.2. The number of carbonyl (C=O) groups is 1. The van der Waals surface area contributed by atoms with Crippen LogP contribution in [0.3, 0.4) is 0 Å². The van der Waals surface area contributed by atoms with Crippen LogP contribution in [0, 0.1) is 5.92 Å². The minimum absolute atomic E-state index is 0.0470. The molecule has 1 N–H and O–H groups in total. The Kier molecular flexibility index (Phi) is 4.80. The lowest BCUT2D eigenvalue weighted by Crippen LogP contribution is -2.28. The second-order valence-corrected chi connectivity index (χ2v) is 3.59. The van der Waals surface area contributed by atoms with Gasteiger partial charge < -0.3 is 0 Å². The van der Waals surface area contributed by atoms with Gasteiger partial charge in [0.1, 0.15) is 12.7 Å². The number of aromatic nitrogens is 3. The highest BCUT2D eigenvalue weighted by molar-refractivity contribution is 5.85. The first kappa shape index (κ1) is 11.7. The highest BCUT2D eigenvalue weighted by Gasteiger charge is 2.15. The van der Waals surface area contributed by atoms with Crippen LogP contribution in [0.4, 0.5) is 0 Å². The van der Waals surface area contributed by atoms with E-state index in [-0.39, 0.29) is 11.8 Å². The van der Waals surface area contributed by atoms with Crippen LogP contribution in [0.15, 0.2) is 12.7 Å². The van der Waals surface area contributed by atoms with Gasteiger partial charge in [-0.25, -0.2) is 4.68 Å². The molecule has 0 saturated carbocycles. The number of unbranched alkanes of at least 4 members (excludes halogenated alkanes) is 1. The second kappa shape index (κ2) is 6.16. The van der Waals surface area contributed by atoms with Gasteiger partial charge >= 0.3 is 0 Å². The monoisotopic (exact) mass is 210 g/mol. The van der Waals surface area contributed by atoms with Crippen molar-refractivity contribution in [2.24, 2.45) is 5.92 Å². The molecule has 0 radical (unpaired) electrons. The molecule has 1 heterocycles. The number of amides is 1. The summed E-state index contributed by atoms with van der Waals surface area (Å²) < 4.78 is 1.48. The summed E-state index contributed by atoms with van der Waals surface area (Å²) in [5.41, 5.74) is 2.73. The molecule has 1 unspecified atom stereocenters.